The van der Waals surface area contributed by atoms with E-state index in [4.69, 9.17) is 4.11 Å². The van der Waals surface area contributed by atoms with E-state index in [1.165, 1.54) is 0 Å². The van der Waals surface area contributed by atoms with Crippen LogP contribution in [0.5, 0.6) is 0 Å². The summed E-state index contributed by atoms with van der Waals surface area (Å²) in [5.41, 5.74) is 9.13. The first-order chi connectivity index (χ1) is 27.4. The Labute approximate surface area is 305 Å². The van der Waals surface area contributed by atoms with Crippen molar-refractivity contribution < 1.29 is 6.85 Å². The summed E-state index contributed by atoms with van der Waals surface area (Å²) >= 11 is 0. The summed E-state index contributed by atoms with van der Waals surface area (Å²) in [6, 6.07) is 58.3. The summed E-state index contributed by atoms with van der Waals surface area (Å²) < 4.78 is 48.2. The first kappa shape index (κ1) is 24.5. The number of hydrogen-bond acceptors (Lipinski definition) is 1. The highest BCUT2D eigenvalue weighted by Crippen LogP contribution is 2.58. The topological polar surface area (TPSA) is 8.17 Å². The smallest absolute Gasteiger partial charge is 0.0734 e. The third-order valence-electron chi connectivity index (χ3n) is 10.3. The molecule has 10 rings (SSSR count). The van der Waals surface area contributed by atoms with Crippen molar-refractivity contribution in [3.63, 3.8) is 0 Å². The quantitative estimate of drug-likeness (QED) is 0.173. The summed E-state index contributed by atoms with van der Waals surface area (Å²) in [6.45, 7) is 0. The van der Waals surface area contributed by atoms with Gasteiger partial charge < -0.3 is 9.47 Å². The molecule has 51 heavy (non-hydrogen) atoms. The number of benzene rings is 8. The van der Waals surface area contributed by atoms with Gasteiger partial charge in [-0.15, -0.1) is 0 Å². The molecule has 240 valence electrons. The Morgan fingerprint density at radius 3 is 1.78 bits per heavy atom. The molecule has 0 radical (unpaired) electrons. The lowest BCUT2D eigenvalue weighted by Gasteiger charge is -2.35. The lowest BCUT2D eigenvalue weighted by Crippen LogP contribution is -2.29. The van der Waals surface area contributed by atoms with Crippen molar-refractivity contribution in [3.05, 3.63) is 228 Å². The van der Waals surface area contributed by atoms with E-state index in [0.29, 0.717) is 0 Å². The Morgan fingerprint density at radius 1 is 0.451 bits per heavy atom. The van der Waals surface area contributed by atoms with Crippen molar-refractivity contribution in [2.24, 2.45) is 0 Å². The molecule has 8 aromatic carbocycles. The second-order valence-electron chi connectivity index (χ2n) is 12.9. The molecule has 9 aromatic rings. The van der Waals surface area contributed by atoms with Crippen molar-refractivity contribution in [3.8, 4) is 16.8 Å². The number of hydrogen-bond donors (Lipinski definition) is 0. The van der Waals surface area contributed by atoms with E-state index in [1.807, 2.05) is 84.9 Å². The van der Waals surface area contributed by atoms with Crippen molar-refractivity contribution in [2.45, 2.75) is 5.41 Å². The van der Waals surface area contributed by atoms with E-state index < -0.39 is 11.5 Å². The monoisotopic (exact) mass is 655 g/mol. The Balaban J connectivity index is 1.39. The zero-order chi connectivity index (χ0) is 38.1. The number of aromatic nitrogens is 1. The van der Waals surface area contributed by atoms with E-state index in [1.54, 1.807) is 0 Å². The number of anilines is 3. The van der Waals surface area contributed by atoms with Crippen LogP contribution in [0.4, 0.5) is 17.1 Å². The SMILES string of the molecule is [2H]c1c([2H])c([2H])c(C2(c3cccc4c5ccccc5n(-c5ccccc5)c34)c3ccccc3-c3cc(N(c4ccccc4)c4ccccc4)ccc32)c([2H])c1[2H]. The van der Waals surface area contributed by atoms with Crippen molar-refractivity contribution >= 4 is 38.9 Å². The largest absolute Gasteiger partial charge is 0.310 e. The molecule has 1 aliphatic rings. The summed E-state index contributed by atoms with van der Waals surface area (Å²) in [4.78, 5) is 2.22. The van der Waals surface area contributed by atoms with E-state index in [9.17, 15) is 2.74 Å². The van der Waals surface area contributed by atoms with Crippen LogP contribution in [-0.4, -0.2) is 4.57 Å². The van der Waals surface area contributed by atoms with Gasteiger partial charge in [0.2, 0.25) is 0 Å². The van der Waals surface area contributed by atoms with Gasteiger partial charge in [0.25, 0.3) is 0 Å². The molecule has 0 amide bonds. The molecule has 2 nitrogen and oxygen atoms in total. The minimum absolute atomic E-state index is 0.225. The molecule has 0 bridgehead atoms. The van der Waals surface area contributed by atoms with Crippen molar-refractivity contribution in [2.75, 3.05) is 4.90 Å². The molecule has 0 saturated heterocycles. The molecule has 1 aliphatic carbocycles. The maximum absolute atomic E-state index is 9.64. The number of para-hydroxylation sites is 5. The minimum atomic E-state index is -1.32. The number of rotatable bonds is 6. The van der Waals surface area contributed by atoms with Gasteiger partial charge >= 0.3 is 0 Å². The summed E-state index contributed by atoms with van der Waals surface area (Å²) in [6.07, 6.45) is 0. The maximum Gasteiger partial charge on any atom is 0.0734 e. The van der Waals surface area contributed by atoms with Crippen LogP contribution in [0.15, 0.2) is 206 Å². The van der Waals surface area contributed by atoms with Gasteiger partial charge in [-0.3, -0.25) is 0 Å². The van der Waals surface area contributed by atoms with Gasteiger partial charge in [-0.05, 0) is 88.0 Å². The molecule has 0 aliphatic heterocycles. The predicted molar refractivity (Wildman–Crippen MR) is 213 cm³/mol. The maximum atomic E-state index is 9.64. The van der Waals surface area contributed by atoms with Crippen LogP contribution in [0.2, 0.25) is 0 Å². The summed E-state index contributed by atoms with van der Waals surface area (Å²) in [5, 5.41) is 2.07. The first-order valence-corrected chi connectivity index (χ1v) is 17.2. The predicted octanol–water partition coefficient (Wildman–Crippen LogP) is 12.6. The van der Waals surface area contributed by atoms with E-state index in [0.717, 1.165) is 72.4 Å². The molecule has 0 saturated carbocycles. The average molecular weight is 656 g/mol. The molecule has 1 unspecified atom stereocenters. The molecular formula is C49H34N2. The Hall–Kier alpha value is -6.64. The minimum Gasteiger partial charge on any atom is -0.310 e. The van der Waals surface area contributed by atoms with E-state index in [2.05, 4.69) is 100 Å². The van der Waals surface area contributed by atoms with Crippen molar-refractivity contribution in [1.82, 2.24) is 4.57 Å². The van der Waals surface area contributed by atoms with Gasteiger partial charge in [0.15, 0.2) is 0 Å². The highest BCUT2D eigenvalue weighted by molar-refractivity contribution is 6.11. The molecule has 1 heterocycles. The third kappa shape index (κ3) is 4.36. The Kier molecular flexibility index (Phi) is 5.64. The van der Waals surface area contributed by atoms with Gasteiger partial charge in [-0.1, -0.05) is 152 Å². The summed E-state index contributed by atoms with van der Waals surface area (Å²) in [5.74, 6) is 0. The fourth-order valence-electron chi connectivity index (χ4n) is 8.31. The highest BCUT2D eigenvalue weighted by Gasteiger charge is 2.47. The van der Waals surface area contributed by atoms with Crippen molar-refractivity contribution in [1.29, 1.82) is 0 Å². The standard InChI is InChI=1S/C49H34N2/c1-5-18-35(19-6-1)49(46-30-17-28-42-41-27-14-16-31-47(41)51(48(42)46)38-24-11-4-12-25-38)44-29-15-13-26-40(44)43-34-39(32-33-45(43)49)50(36-20-7-2-8-21-36)37-22-9-3-10-23-37/h1-34H/i1D,5D,6D,18D,19D. The first-order valence-electron chi connectivity index (χ1n) is 19.7. The highest BCUT2D eigenvalue weighted by atomic mass is 15.1. The second-order valence-corrected chi connectivity index (χ2v) is 12.9. The van der Waals surface area contributed by atoms with Gasteiger partial charge in [-0.2, -0.15) is 0 Å². The van der Waals surface area contributed by atoms with Crippen LogP contribution in [0.1, 0.15) is 29.1 Å². The van der Waals surface area contributed by atoms with Gasteiger partial charge in [0.1, 0.15) is 0 Å². The number of fused-ring (bicyclic) bond motifs is 6. The second kappa shape index (κ2) is 11.8. The molecule has 0 fully saturated rings. The van der Waals surface area contributed by atoms with Crippen LogP contribution >= 0.6 is 0 Å². The normalized spacial score (nSPS) is 16.1. The zero-order valence-corrected chi connectivity index (χ0v) is 27.6. The molecular weight excluding hydrogens is 617 g/mol. The average Bonchev–Trinajstić information content (AvgIpc) is 3.74. The van der Waals surface area contributed by atoms with Gasteiger partial charge in [-0.25, -0.2) is 0 Å². The lowest BCUT2D eigenvalue weighted by molar-refractivity contribution is 0.772. The molecule has 0 N–H and O–H groups in total. The lowest BCUT2D eigenvalue weighted by atomic mass is 9.67. The Morgan fingerprint density at radius 2 is 1.04 bits per heavy atom. The fraction of sp³-hybridized carbons (Fsp3) is 0.0204. The van der Waals surface area contributed by atoms with Crippen LogP contribution in [0.3, 0.4) is 0 Å². The zero-order valence-electron chi connectivity index (χ0n) is 32.6. The number of nitrogens with zero attached hydrogens (tertiary/aromatic N) is 2. The van der Waals surface area contributed by atoms with Crippen LogP contribution in [0, 0.1) is 0 Å². The van der Waals surface area contributed by atoms with Gasteiger partial charge in [0.05, 0.1) is 23.3 Å². The molecule has 1 aromatic heterocycles. The van der Waals surface area contributed by atoms with Crippen LogP contribution < -0.4 is 4.90 Å². The molecule has 0 spiro atoms. The molecule has 2 heteroatoms. The summed E-state index contributed by atoms with van der Waals surface area (Å²) in [7, 11) is 0. The molecule has 1 atom stereocenters. The Bertz CT molecular complexity index is 2910. The van der Waals surface area contributed by atoms with Crippen LogP contribution in [0.25, 0.3) is 38.6 Å². The van der Waals surface area contributed by atoms with E-state index >= 15 is 0 Å². The van der Waals surface area contributed by atoms with Crippen LogP contribution in [-0.2, 0) is 5.41 Å². The van der Waals surface area contributed by atoms with E-state index in [-0.39, 0.29) is 29.7 Å². The third-order valence-corrected chi connectivity index (χ3v) is 10.3. The van der Waals surface area contributed by atoms with Gasteiger partial charge in [0, 0.05) is 33.5 Å². The fourth-order valence-corrected chi connectivity index (χ4v) is 8.31.